The highest BCUT2D eigenvalue weighted by Gasteiger charge is 2.75. The van der Waals surface area contributed by atoms with Crippen LogP contribution in [-0.2, 0) is 4.79 Å². The molecule has 34 heavy (non-hydrogen) atoms. The topological polar surface area (TPSA) is 141 Å². The SMILES string of the molecule is CC.CC[C@H]1CC2(N)C3CCC(CCCC(=O)O)C3(C)CC[C@]2(N)C2(C)CCCCC12N.CN. The van der Waals surface area contributed by atoms with Crippen molar-refractivity contribution in [2.75, 3.05) is 7.05 Å². The highest BCUT2D eigenvalue weighted by atomic mass is 16.4. The van der Waals surface area contributed by atoms with Crippen LogP contribution in [0.1, 0.15) is 118 Å². The van der Waals surface area contributed by atoms with E-state index in [-0.39, 0.29) is 28.3 Å². The molecule has 200 valence electrons. The van der Waals surface area contributed by atoms with E-state index >= 15 is 0 Å². The molecule has 4 aliphatic rings. The molecule has 0 aromatic heterocycles. The standard InChI is InChI=1S/C25H45N3O2.C2H6.CH5N/c1-4-17-16-24(27)19-11-10-18(8-7-9-20(29)30)21(19,2)14-15-25(24,28)22(3)12-5-6-13-23(17,22)26;2*1-2/h17-19H,4-16,26-28H2,1-3H3,(H,29,30);1-2H3;2H2,1H3/t17-,18?,19?,21?,22?,23?,24?,25-;;/m0../s1. The average molecular weight is 481 g/mol. The number of hydrogen-bond donors (Lipinski definition) is 5. The summed E-state index contributed by atoms with van der Waals surface area (Å²) in [5.74, 6) is 0.724. The molecule has 0 aliphatic heterocycles. The van der Waals surface area contributed by atoms with Gasteiger partial charge in [-0.15, -0.1) is 0 Å². The second-order valence-electron chi connectivity index (χ2n) is 12.0. The van der Waals surface area contributed by atoms with Crippen molar-refractivity contribution in [3.8, 4) is 0 Å². The van der Waals surface area contributed by atoms with Crippen molar-refractivity contribution in [3.05, 3.63) is 0 Å². The van der Waals surface area contributed by atoms with Crippen molar-refractivity contribution < 1.29 is 9.90 Å². The fourth-order valence-corrected chi connectivity index (χ4v) is 9.43. The predicted molar refractivity (Wildman–Crippen MR) is 142 cm³/mol. The summed E-state index contributed by atoms with van der Waals surface area (Å²) in [6.07, 6.45) is 13.0. The van der Waals surface area contributed by atoms with E-state index in [4.69, 9.17) is 22.3 Å². The van der Waals surface area contributed by atoms with Gasteiger partial charge in [0.1, 0.15) is 0 Å². The molecule has 6 nitrogen and oxygen atoms in total. The Morgan fingerprint density at radius 1 is 0.912 bits per heavy atom. The molecule has 0 aromatic rings. The Bertz CT molecular complexity index is 704. The normalized spacial score (nSPS) is 47.1. The second-order valence-corrected chi connectivity index (χ2v) is 12.0. The fourth-order valence-electron chi connectivity index (χ4n) is 9.43. The molecule has 4 saturated carbocycles. The number of carboxylic acid groups (broad SMARTS) is 1. The van der Waals surface area contributed by atoms with E-state index < -0.39 is 11.5 Å². The summed E-state index contributed by atoms with van der Waals surface area (Å²) in [7, 11) is 1.50. The average Bonchev–Trinajstić information content (AvgIpc) is 3.16. The van der Waals surface area contributed by atoms with Crippen LogP contribution in [0.5, 0.6) is 0 Å². The molecule has 4 rings (SSSR count). The van der Waals surface area contributed by atoms with E-state index in [2.05, 4.69) is 26.5 Å². The minimum absolute atomic E-state index is 0.116. The van der Waals surface area contributed by atoms with E-state index in [1.165, 1.54) is 19.9 Å². The molecule has 4 fully saturated rings. The van der Waals surface area contributed by atoms with Crippen molar-refractivity contribution in [3.63, 3.8) is 0 Å². The second kappa shape index (κ2) is 10.7. The Hall–Kier alpha value is -0.690. The van der Waals surface area contributed by atoms with Crippen molar-refractivity contribution >= 4 is 5.97 Å². The maximum absolute atomic E-state index is 11.0. The molecular weight excluding hydrogens is 424 g/mol. The lowest BCUT2D eigenvalue weighted by atomic mass is 9.35. The Balaban J connectivity index is 0.000000970. The number of hydrogen-bond acceptors (Lipinski definition) is 5. The molecule has 0 spiro atoms. The van der Waals surface area contributed by atoms with E-state index in [9.17, 15) is 4.79 Å². The molecule has 0 saturated heterocycles. The van der Waals surface area contributed by atoms with Gasteiger partial charge in [-0.3, -0.25) is 4.79 Å². The molecule has 0 radical (unpaired) electrons. The maximum Gasteiger partial charge on any atom is 0.303 e. The molecule has 9 N–H and O–H groups in total. The highest BCUT2D eigenvalue weighted by Crippen LogP contribution is 2.71. The third-order valence-corrected chi connectivity index (χ3v) is 11.3. The largest absolute Gasteiger partial charge is 0.481 e. The van der Waals surface area contributed by atoms with Crippen LogP contribution in [0.15, 0.2) is 0 Å². The summed E-state index contributed by atoms with van der Waals surface area (Å²) in [4.78, 5) is 11.0. The van der Waals surface area contributed by atoms with E-state index in [0.29, 0.717) is 17.8 Å². The predicted octanol–water partition coefficient (Wildman–Crippen LogP) is 4.77. The Kier molecular flexibility index (Phi) is 9.33. The molecule has 8 atom stereocenters. The summed E-state index contributed by atoms with van der Waals surface area (Å²) < 4.78 is 0. The fraction of sp³-hybridized carbons (Fsp3) is 0.964. The van der Waals surface area contributed by atoms with Gasteiger partial charge in [-0.2, -0.15) is 0 Å². The Morgan fingerprint density at radius 3 is 2.12 bits per heavy atom. The minimum Gasteiger partial charge on any atom is -0.481 e. The highest BCUT2D eigenvalue weighted by molar-refractivity contribution is 5.66. The molecule has 0 aromatic carbocycles. The summed E-state index contributed by atoms with van der Waals surface area (Å²) >= 11 is 0. The van der Waals surface area contributed by atoms with Gasteiger partial charge in [-0.1, -0.05) is 53.9 Å². The zero-order chi connectivity index (χ0) is 26.0. The minimum atomic E-state index is -0.683. The lowest BCUT2D eigenvalue weighted by Gasteiger charge is -2.75. The molecule has 0 heterocycles. The van der Waals surface area contributed by atoms with Crippen molar-refractivity contribution in [1.29, 1.82) is 0 Å². The first kappa shape index (κ1) is 29.5. The van der Waals surface area contributed by atoms with Crippen LogP contribution < -0.4 is 22.9 Å². The number of aliphatic carboxylic acids is 1. The van der Waals surface area contributed by atoms with Crippen LogP contribution in [0, 0.1) is 28.6 Å². The zero-order valence-corrected chi connectivity index (χ0v) is 23.1. The van der Waals surface area contributed by atoms with Gasteiger partial charge < -0.3 is 28.0 Å². The van der Waals surface area contributed by atoms with Crippen LogP contribution in [0.25, 0.3) is 0 Å². The molecular formula is C28H56N4O2. The molecule has 6 unspecified atom stereocenters. The Morgan fingerprint density at radius 2 is 1.53 bits per heavy atom. The van der Waals surface area contributed by atoms with E-state index in [1.807, 2.05) is 13.8 Å². The first-order valence-corrected chi connectivity index (χ1v) is 14.1. The van der Waals surface area contributed by atoms with Gasteiger partial charge in [0.15, 0.2) is 0 Å². The number of carboxylic acids is 1. The number of nitrogens with two attached hydrogens (primary N) is 4. The number of carbonyl (C=O) groups is 1. The molecule has 0 bridgehead atoms. The monoisotopic (exact) mass is 480 g/mol. The van der Waals surface area contributed by atoms with Gasteiger partial charge in [0.2, 0.25) is 0 Å². The van der Waals surface area contributed by atoms with Crippen LogP contribution >= 0.6 is 0 Å². The van der Waals surface area contributed by atoms with Gasteiger partial charge in [0, 0.05) is 28.5 Å². The smallest absolute Gasteiger partial charge is 0.303 e. The van der Waals surface area contributed by atoms with Gasteiger partial charge >= 0.3 is 5.97 Å². The van der Waals surface area contributed by atoms with Crippen molar-refractivity contribution in [2.24, 2.45) is 51.5 Å². The summed E-state index contributed by atoms with van der Waals surface area (Å²) in [6.45, 7) is 11.1. The van der Waals surface area contributed by atoms with Crippen LogP contribution in [0.3, 0.4) is 0 Å². The lowest BCUT2D eigenvalue weighted by molar-refractivity contribution is -0.176. The third kappa shape index (κ3) is 4.05. The lowest BCUT2D eigenvalue weighted by Crippen LogP contribution is -2.88. The maximum atomic E-state index is 11.0. The van der Waals surface area contributed by atoms with Gasteiger partial charge in [-0.25, -0.2) is 0 Å². The van der Waals surface area contributed by atoms with Crippen LogP contribution in [0.2, 0.25) is 0 Å². The number of fused-ring (bicyclic) bond motifs is 5. The zero-order valence-electron chi connectivity index (χ0n) is 23.1. The summed E-state index contributed by atoms with van der Waals surface area (Å²) in [5.41, 5.74) is 25.9. The van der Waals surface area contributed by atoms with Crippen LogP contribution in [-0.4, -0.2) is 34.7 Å². The van der Waals surface area contributed by atoms with E-state index in [1.54, 1.807) is 0 Å². The third-order valence-electron chi connectivity index (χ3n) is 11.3. The van der Waals surface area contributed by atoms with Gasteiger partial charge in [0.05, 0.1) is 0 Å². The molecule has 0 amide bonds. The first-order valence-electron chi connectivity index (χ1n) is 14.1. The van der Waals surface area contributed by atoms with Crippen molar-refractivity contribution in [2.45, 2.75) is 135 Å². The van der Waals surface area contributed by atoms with Gasteiger partial charge in [-0.05, 0) is 88.0 Å². The van der Waals surface area contributed by atoms with Crippen molar-refractivity contribution in [1.82, 2.24) is 0 Å². The molecule has 6 heteroatoms. The van der Waals surface area contributed by atoms with E-state index in [0.717, 1.165) is 64.2 Å². The summed E-state index contributed by atoms with van der Waals surface area (Å²) in [5, 5.41) is 9.08. The van der Waals surface area contributed by atoms with Gasteiger partial charge in [0.25, 0.3) is 0 Å². The number of rotatable bonds is 5. The first-order chi connectivity index (χ1) is 16.0. The summed E-state index contributed by atoms with van der Waals surface area (Å²) in [6, 6.07) is 0. The van der Waals surface area contributed by atoms with Crippen LogP contribution in [0.4, 0.5) is 0 Å². The Labute approximate surface area is 209 Å². The quantitative estimate of drug-likeness (QED) is 0.384. The molecule has 4 aliphatic carbocycles.